The van der Waals surface area contributed by atoms with Crippen LogP contribution in [0, 0.1) is 0 Å². The van der Waals surface area contributed by atoms with E-state index in [-0.39, 0.29) is 18.5 Å². The summed E-state index contributed by atoms with van der Waals surface area (Å²) in [6.07, 6.45) is 99.2. The van der Waals surface area contributed by atoms with Crippen LogP contribution in [0.15, 0.2) is 85.1 Å². The molecule has 7 atom stereocenters. The number of unbranched alkanes of at least 4 members (excludes halogenated alkanes) is 51. The van der Waals surface area contributed by atoms with Crippen LogP contribution in [0.4, 0.5) is 0 Å². The number of aliphatic hydroxyl groups is 5. The SMILES string of the molecule is CCCCC/C=C\C/C=C\CCCCCCCCCCCC(=O)OCCCCCCCCCCCCCCCCC/C=C\C/C=C\CCCCCCCCCCCCCCCCCCCC(=O)NC(COC1OC(CO)C(O)C(O)C1O)C(O)/C=C/CC/C=C/CC/C=C/CCCCCCC. The number of amides is 1. The molecule has 0 aliphatic carbocycles. The molecule has 1 rings (SSSR count). The molecule has 1 aliphatic heterocycles. The minimum Gasteiger partial charge on any atom is -0.466 e. The predicted molar refractivity (Wildman–Crippen MR) is 430 cm³/mol. The highest BCUT2D eigenvalue weighted by Gasteiger charge is 2.44. The summed E-state index contributed by atoms with van der Waals surface area (Å²) < 4.78 is 16.8. The molecular weight excluding hydrogens is 1250 g/mol. The van der Waals surface area contributed by atoms with Crippen LogP contribution in [-0.2, 0) is 23.8 Å². The molecule has 1 saturated heterocycles. The van der Waals surface area contributed by atoms with Crippen molar-refractivity contribution < 1.29 is 49.3 Å². The Bertz CT molecular complexity index is 1960. The number of hydrogen-bond acceptors (Lipinski definition) is 10. The van der Waals surface area contributed by atoms with Crippen molar-refractivity contribution in [2.24, 2.45) is 0 Å². The molecule has 6 N–H and O–H groups in total. The van der Waals surface area contributed by atoms with Crippen molar-refractivity contribution in [1.29, 1.82) is 0 Å². The molecule has 1 heterocycles. The molecule has 0 saturated carbocycles. The Morgan fingerprint density at radius 2 is 0.673 bits per heavy atom. The fourth-order valence-electron chi connectivity index (χ4n) is 13.4. The predicted octanol–water partition coefficient (Wildman–Crippen LogP) is 24.3. The van der Waals surface area contributed by atoms with Gasteiger partial charge < -0.3 is 45.1 Å². The van der Waals surface area contributed by atoms with Crippen LogP contribution in [0.25, 0.3) is 0 Å². The Morgan fingerprint density at radius 3 is 1.06 bits per heavy atom. The molecule has 11 heteroatoms. The van der Waals surface area contributed by atoms with E-state index in [1.54, 1.807) is 6.08 Å². The second-order valence-corrected chi connectivity index (χ2v) is 29.9. The van der Waals surface area contributed by atoms with Crippen LogP contribution in [-0.4, -0.2) is 100 Å². The first-order valence-corrected chi connectivity index (χ1v) is 43.4. The fourth-order valence-corrected chi connectivity index (χ4v) is 13.4. The third kappa shape index (κ3) is 66.0. The first kappa shape index (κ1) is 95.9. The monoisotopic (exact) mass is 1420 g/mol. The van der Waals surface area contributed by atoms with E-state index in [1.165, 1.54) is 302 Å². The fraction of sp³-hybridized carbons (Fsp3) is 0.822. The van der Waals surface area contributed by atoms with Gasteiger partial charge in [0, 0.05) is 12.8 Å². The standard InChI is InChI=1S/C90H163NO10/c1-3-5-7-9-11-13-15-17-19-20-42-46-50-54-58-62-66-70-74-78-86(95)99-79-75-71-67-63-59-55-51-47-44-41-39-37-35-33-31-29-27-25-23-21-22-24-26-28-30-32-34-36-38-40-43-45-49-53-57-61-65-69-73-77-85(94)91-82(81-100-90-89(98)88(97)87(96)84(80-92)101-90)83(93)76-72-68-64-60-56-52-48-18-16-14-12-10-8-6-4-2/h11,13,16-19,21-22,25,27,56,60,72,76,82-84,87-90,92-93,96-98H,3-10,12,14-15,20,23-24,26,28-55,57-59,61-71,73-75,77-81H2,1-2H3,(H,91,94)/b13-11-,18-16+,19-17-,22-21-,27-25-,60-56+,76-72+. The van der Waals surface area contributed by atoms with Crippen LogP contribution < -0.4 is 5.32 Å². The number of ether oxygens (including phenoxy) is 3. The van der Waals surface area contributed by atoms with Gasteiger partial charge in [0.05, 0.1) is 32.0 Å². The molecule has 0 aromatic heterocycles. The molecule has 11 nitrogen and oxygen atoms in total. The average Bonchev–Trinajstić information content (AvgIpc) is 0.823. The molecule has 0 radical (unpaired) electrons. The summed E-state index contributed by atoms with van der Waals surface area (Å²) in [5, 5.41) is 54.6. The molecular formula is C90H163NO10. The molecule has 101 heavy (non-hydrogen) atoms. The minimum atomic E-state index is -1.58. The van der Waals surface area contributed by atoms with Gasteiger partial charge in [-0.25, -0.2) is 0 Å². The Morgan fingerprint density at radius 1 is 0.366 bits per heavy atom. The smallest absolute Gasteiger partial charge is 0.305 e. The summed E-state index contributed by atoms with van der Waals surface area (Å²) in [5.41, 5.74) is 0. The second kappa shape index (κ2) is 77.9. The molecule has 588 valence electrons. The number of allylic oxidation sites excluding steroid dienone is 13. The van der Waals surface area contributed by atoms with Gasteiger partial charge in [-0.2, -0.15) is 0 Å². The zero-order valence-corrected chi connectivity index (χ0v) is 65.9. The summed E-state index contributed by atoms with van der Waals surface area (Å²) >= 11 is 0. The number of aliphatic hydroxyl groups excluding tert-OH is 5. The van der Waals surface area contributed by atoms with Crippen LogP contribution in [0.5, 0.6) is 0 Å². The number of carbonyl (C=O) groups excluding carboxylic acids is 2. The maximum atomic E-state index is 13.1. The van der Waals surface area contributed by atoms with Gasteiger partial charge in [0.15, 0.2) is 6.29 Å². The zero-order valence-electron chi connectivity index (χ0n) is 65.9. The molecule has 0 aromatic rings. The largest absolute Gasteiger partial charge is 0.466 e. The molecule has 0 aromatic carbocycles. The highest BCUT2D eigenvalue weighted by atomic mass is 16.7. The number of hydrogen-bond donors (Lipinski definition) is 6. The summed E-state index contributed by atoms with van der Waals surface area (Å²) in [6.45, 7) is 4.33. The number of esters is 1. The van der Waals surface area contributed by atoms with Crippen molar-refractivity contribution in [2.75, 3.05) is 19.8 Å². The Kier molecular flexibility index (Phi) is 74.0. The van der Waals surface area contributed by atoms with E-state index in [9.17, 15) is 35.1 Å². The molecule has 1 fully saturated rings. The molecule has 1 aliphatic rings. The lowest BCUT2D eigenvalue weighted by Crippen LogP contribution is -2.60. The lowest BCUT2D eigenvalue weighted by atomic mass is 9.99. The minimum absolute atomic E-state index is 0.0106. The first-order valence-electron chi connectivity index (χ1n) is 43.4. The third-order valence-electron chi connectivity index (χ3n) is 20.2. The van der Waals surface area contributed by atoms with E-state index >= 15 is 0 Å². The topological polar surface area (TPSA) is 175 Å². The van der Waals surface area contributed by atoms with Gasteiger partial charge in [-0.15, -0.1) is 0 Å². The Balaban J connectivity index is 1.90. The van der Waals surface area contributed by atoms with E-state index in [0.717, 1.165) is 83.5 Å². The van der Waals surface area contributed by atoms with Gasteiger partial charge in [0.25, 0.3) is 0 Å². The van der Waals surface area contributed by atoms with Crippen LogP contribution >= 0.6 is 0 Å². The van der Waals surface area contributed by atoms with Crippen molar-refractivity contribution in [2.45, 2.75) is 455 Å². The highest BCUT2D eigenvalue weighted by molar-refractivity contribution is 5.76. The van der Waals surface area contributed by atoms with E-state index < -0.39 is 49.5 Å². The second-order valence-electron chi connectivity index (χ2n) is 29.9. The first-order chi connectivity index (χ1) is 49.7. The highest BCUT2D eigenvalue weighted by Crippen LogP contribution is 2.24. The van der Waals surface area contributed by atoms with Crippen molar-refractivity contribution in [3.63, 3.8) is 0 Å². The lowest BCUT2D eigenvalue weighted by Gasteiger charge is -2.40. The molecule has 0 spiro atoms. The Labute approximate surface area is 623 Å². The van der Waals surface area contributed by atoms with Gasteiger partial charge in [-0.3, -0.25) is 9.59 Å². The van der Waals surface area contributed by atoms with E-state index in [1.807, 2.05) is 6.08 Å². The maximum absolute atomic E-state index is 13.1. The van der Waals surface area contributed by atoms with Crippen LogP contribution in [0.3, 0.4) is 0 Å². The summed E-state index contributed by atoms with van der Waals surface area (Å²) in [6, 6.07) is -0.835. The van der Waals surface area contributed by atoms with Crippen molar-refractivity contribution in [3.05, 3.63) is 85.1 Å². The van der Waals surface area contributed by atoms with Gasteiger partial charge in [-0.05, 0) is 122 Å². The van der Waals surface area contributed by atoms with Crippen LogP contribution in [0.1, 0.15) is 412 Å². The maximum Gasteiger partial charge on any atom is 0.305 e. The van der Waals surface area contributed by atoms with Gasteiger partial charge >= 0.3 is 5.97 Å². The molecule has 0 bridgehead atoms. The number of carbonyl (C=O) groups is 2. The van der Waals surface area contributed by atoms with Crippen molar-refractivity contribution in [3.8, 4) is 0 Å². The average molecular weight is 1420 g/mol. The van der Waals surface area contributed by atoms with Gasteiger partial charge in [0.2, 0.25) is 5.91 Å². The summed E-state index contributed by atoms with van der Waals surface area (Å²) in [7, 11) is 0. The van der Waals surface area contributed by atoms with Gasteiger partial charge in [-0.1, -0.05) is 362 Å². The zero-order chi connectivity index (χ0) is 72.9. The van der Waals surface area contributed by atoms with E-state index in [0.29, 0.717) is 19.4 Å². The molecule has 7 unspecified atom stereocenters. The number of nitrogens with one attached hydrogen (secondary N) is 1. The number of rotatable bonds is 77. The lowest BCUT2D eigenvalue weighted by molar-refractivity contribution is -0.302. The summed E-state index contributed by atoms with van der Waals surface area (Å²) in [5.74, 6) is -0.181. The Hall–Kier alpha value is -3.16. The molecule has 1 amide bonds. The van der Waals surface area contributed by atoms with E-state index in [4.69, 9.17) is 14.2 Å². The van der Waals surface area contributed by atoms with Crippen LogP contribution in [0.2, 0.25) is 0 Å². The third-order valence-corrected chi connectivity index (χ3v) is 20.2. The summed E-state index contributed by atoms with van der Waals surface area (Å²) in [4.78, 5) is 25.2. The van der Waals surface area contributed by atoms with Gasteiger partial charge in [0.1, 0.15) is 24.4 Å². The normalized spacial score (nSPS) is 17.5. The van der Waals surface area contributed by atoms with Crippen molar-refractivity contribution in [1.82, 2.24) is 5.32 Å². The van der Waals surface area contributed by atoms with Crippen molar-refractivity contribution >= 4 is 11.9 Å². The quantitative estimate of drug-likeness (QED) is 0.0195. The van der Waals surface area contributed by atoms with E-state index in [2.05, 4.69) is 92.1 Å².